The summed E-state index contributed by atoms with van der Waals surface area (Å²) in [5.74, 6) is 1.62. The number of sulfonamides is 1. The molecule has 1 aliphatic heterocycles. The molecule has 0 aliphatic carbocycles. The molecule has 130 valence electrons. The van der Waals surface area contributed by atoms with Crippen LogP contribution in [-0.4, -0.2) is 71.5 Å². The maximum Gasteiger partial charge on any atom is 0.213 e. The van der Waals surface area contributed by atoms with E-state index in [1.807, 2.05) is 6.26 Å². The van der Waals surface area contributed by atoms with Crippen LogP contribution in [0, 0.1) is 0 Å². The summed E-state index contributed by atoms with van der Waals surface area (Å²) >= 11 is 1.74. The van der Waals surface area contributed by atoms with Gasteiger partial charge in [-0.15, -0.1) is 0 Å². The number of rotatable bonds is 9. The summed E-state index contributed by atoms with van der Waals surface area (Å²) in [6.07, 6.45) is 5.14. The molecule has 0 amide bonds. The zero-order valence-corrected chi connectivity index (χ0v) is 15.1. The van der Waals surface area contributed by atoms with Gasteiger partial charge in [-0.2, -0.15) is 11.8 Å². The van der Waals surface area contributed by atoms with Crippen LogP contribution < -0.4 is 15.4 Å². The van der Waals surface area contributed by atoms with Gasteiger partial charge in [0.15, 0.2) is 5.96 Å². The SMILES string of the molecule is CN=C(NCCSC)NCCS(=O)(=O)NCC1CCCCO1. The van der Waals surface area contributed by atoms with Gasteiger partial charge in [0.1, 0.15) is 0 Å². The molecule has 1 atom stereocenters. The Morgan fingerprint density at radius 2 is 2.09 bits per heavy atom. The minimum atomic E-state index is -3.29. The van der Waals surface area contributed by atoms with Gasteiger partial charge in [0.25, 0.3) is 0 Å². The topological polar surface area (TPSA) is 91.8 Å². The average Bonchev–Trinajstić information content (AvgIpc) is 2.52. The zero-order valence-electron chi connectivity index (χ0n) is 13.4. The molecule has 1 unspecified atom stereocenters. The van der Waals surface area contributed by atoms with Crippen LogP contribution in [0.3, 0.4) is 0 Å². The molecule has 22 heavy (non-hydrogen) atoms. The Kier molecular flexibility index (Phi) is 9.85. The standard InChI is InChI=1S/C13H28N4O3S2/c1-14-13(15-6-9-21-2)16-7-10-22(18,19)17-11-12-5-3-4-8-20-12/h12,17H,3-11H2,1-2H3,(H2,14,15,16). The molecule has 1 saturated heterocycles. The van der Waals surface area contributed by atoms with Gasteiger partial charge in [-0.3, -0.25) is 4.99 Å². The summed E-state index contributed by atoms with van der Waals surface area (Å²) in [5, 5.41) is 6.12. The average molecular weight is 353 g/mol. The molecule has 9 heteroatoms. The number of nitrogens with one attached hydrogen (secondary N) is 3. The monoisotopic (exact) mass is 352 g/mol. The van der Waals surface area contributed by atoms with E-state index in [1.54, 1.807) is 18.8 Å². The van der Waals surface area contributed by atoms with Crippen molar-refractivity contribution in [3.8, 4) is 0 Å². The third-order valence-corrected chi connectivity index (χ3v) is 5.25. The van der Waals surface area contributed by atoms with Crippen LogP contribution in [-0.2, 0) is 14.8 Å². The van der Waals surface area contributed by atoms with E-state index in [-0.39, 0.29) is 11.9 Å². The predicted molar refractivity (Wildman–Crippen MR) is 93.1 cm³/mol. The summed E-state index contributed by atoms with van der Waals surface area (Å²) in [6.45, 7) is 2.21. The molecule has 0 aromatic rings. The highest BCUT2D eigenvalue weighted by Crippen LogP contribution is 2.11. The first-order chi connectivity index (χ1) is 10.6. The molecular weight excluding hydrogens is 324 g/mol. The maximum atomic E-state index is 11.9. The van der Waals surface area contributed by atoms with E-state index in [1.165, 1.54) is 0 Å². The molecule has 0 aromatic carbocycles. The number of nitrogens with zero attached hydrogens (tertiary/aromatic N) is 1. The van der Waals surface area contributed by atoms with E-state index in [4.69, 9.17) is 4.74 Å². The Balaban J connectivity index is 2.20. The second kappa shape index (κ2) is 11.1. The Labute approximate surface area is 138 Å². The zero-order chi connectivity index (χ0) is 16.3. The summed E-state index contributed by atoms with van der Waals surface area (Å²) in [5.41, 5.74) is 0. The van der Waals surface area contributed by atoms with Crippen LogP contribution in [0.15, 0.2) is 4.99 Å². The van der Waals surface area contributed by atoms with Crippen molar-refractivity contribution in [2.75, 3.05) is 51.1 Å². The maximum absolute atomic E-state index is 11.9. The van der Waals surface area contributed by atoms with Gasteiger partial charge < -0.3 is 15.4 Å². The molecule has 3 N–H and O–H groups in total. The minimum Gasteiger partial charge on any atom is -0.377 e. The Bertz CT molecular complexity index is 423. The Morgan fingerprint density at radius 3 is 2.73 bits per heavy atom. The number of aliphatic imine (C=N–C) groups is 1. The molecule has 0 aromatic heterocycles. The molecule has 1 fully saturated rings. The van der Waals surface area contributed by atoms with Crippen molar-refractivity contribution in [1.29, 1.82) is 0 Å². The lowest BCUT2D eigenvalue weighted by atomic mass is 10.1. The first-order valence-corrected chi connectivity index (χ1v) is 10.6. The van der Waals surface area contributed by atoms with E-state index < -0.39 is 10.0 Å². The van der Waals surface area contributed by atoms with Gasteiger partial charge in [0, 0.05) is 39.0 Å². The lowest BCUT2D eigenvalue weighted by Gasteiger charge is -2.22. The summed E-state index contributed by atoms with van der Waals surface area (Å²) in [6, 6.07) is 0. The Morgan fingerprint density at radius 1 is 1.32 bits per heavy atom. The lowest BCUT2D eigenvalue weighted by molar-refractivity contribution is 0.0200. The van der Waals surface area contributed by atoms with E-state index in [0.29, 0.717) is 19.0 Å². The highest BCUT2D eigenvalue weighted by atomic mass is 32.2. The first kappa shape index (κ1) is 19.5. The highest BCUT2D eigenvalue weighted by molar-refractivity contribution is 7.98. The van der Waals surface area contributed by atoms with Crippen molar-refractivity contribution in [2.45, 2.75) is 25.4 Å². The molecule has 0 bridgehead atoms. The fraction of sp³-hybridized carbons (Fsp3) is 0.923. The van der Waals surface area contributed by atoms with Gasteiger partial charge in [-0.25, -0.2) is 13.1 Å². The fourth-order valence-corrected chi connectivity index (χ4v) is 3.32. The minimum absolute atomic E-state index is 0.0115. The van der Waals surface area contributed by atoms with Gasteiger partial charge in [0.05, 0.1) is 11.9 Å². The molecule has 0 spiro atoms. The number of thioether (sulfide) groups is 1. The largest absolute Gasteiger partial charge is 0.377 e. The van der Waals surface area contributed by atoms with E-state index >= 15 is 0 Å². The number of ether oxygens (including phenoxy) is 1. The van der Waals surface area contributed by atoms with Gasteiger partial charge in [0.2, 0.25) is 10.0 Å². The van der Waals surface area contributed by atoms with E-state index in [9.17, 15) is 8.42 Å². The van der Waals surface area contributed by atoms with Crippen molar-refractivity contribution >= 4 is 27.7 Å². The van der Waals surface area contributed by atoms with Crippen molar-refractivity contribution in [3.63, 3.8) is 0 Å². The van der Waals surface area contributed by atoms with Crippen molar-refractivity contribution in [2.24, 2.45) is 4.99 Å². The predicted octanol–water partition coefficient (Wildman–Crippen LogP) is 0.00290. The molecule has 1 aliphatic rings. The molecule has 0 saturated carbocycles. The smallest absolute Gasteiger partial charge is 0.213 e. The van der Waals surface area contributed by atoms with Gasteiger partial charge in [-0.05, 0) is 25.5 Å². The molecule has 7 nitrogen and oxygen atoms in total. The molecule has 1 rings (SSSR count). The highest BCUT2D eigenvalue weighted by Gasteiger charge is 2.17. The van der Waals surface area contributed by atoms with Crippen LogP contribution in [0.1, 0.15) is 19.3 Å². The Hall–Kier alpha value is -0.510. The third-order valence-electron chi connectivity index (χ3n) is 3.29. The summed E-state index contributed by atoms with van der Waals surface area (Å²) in [7, 11) is -1.62. The van der Waals surface area contributed by atoms with E-state index in [2.05, 4.69) is 20.3 Å². The van der Waals surface area contributed by atoms with Crippen LogP contribution in [0.4, 0.5) is 0 Å². The quantitative estimate of drug-likeness (QED) is 0.307. The van der Waals surface area contributed by atoms with Crippen LogP contribution in [0.5, 0.6) is 0 Å². The second-order valence-corrected chi connectivity index (χ2v) is 7.99. The van der Waals surface area contributed by atoms with Crippen LogP contribution in [0.2, 0.25) is 0 Å². The van der Waals surface area contributed by atoms with Crippen molar-refractivity contribution in [1.82, 2.24) is 15.4 Å². The number of guanidine groups is 1. The molecule has 0 radical (unpaired) electrons. The van der Waals surface area contributed by atoms with Crippen molar-refractivity contribution in [3.05, 3.63) is 0 Å². The van der Waals surface area contributed by atoms with Gasteiger partial charge in [-0.1, -0.05) is 0 Å². The van der Waals surface area contributed by atoms with E-state index in [0.717, 1.165) is 38.2 Å². The van der Waals surface area contributed by atoms with Crippen LogP contribution in [0.25, 0.3) is 0 Å². The first-order valence-electron chi connectivity index (χ1n) is 7.60. The fourth-order valence-electron chi connectivity index (χ4n) is 2.06. The normalized spacial score (nSPS) is 19.9. The summed E-state index contributed by atoms with van der Waals surface area (Å²) in [4.78, 5) is 4.05. The molecular formula is C13H28N4O3S2. The number of hydrogen-bond acceptors (Lipinski definition) is 5. The van der Waals surface area contributed by atoms with Gasteiger partial charge >= 0.3 is 0 Å². The lowest BCUT2D eigenvalue weighted by Crippen LogP contribution is -2.43. The molecule has 1 heterocycles. The van der Waals surface area contributed by atoms with Crippen molar-refractivity contribution < 1.29 is 13.2 Å². The summed E-state index contributed by atoms with van der Waals surface area (Å²) < 4.78 is 32.0. The second-order valence-electron chi connectivity index (χ2n) is 5.07. The third kappa shape index (κ3) is 8.82. The number of hydrogen-bond donors (Lipinski definition) is 3. The van der Waals surface area contributed by atoms with Crippen LogP contribution >= 0.6 is 11.8 Å².